The molecule has 0 aliphatic rings. The summed E-state index contributed by atoms with van der Waals surface area (Å²) in [6.07, 6.45) is 0. The van der Waals surface area contributed by atoms with Crippen molar-refractivity contribution >= 4 is 33.4 Å². The SMILES string of the molecule is Cn1c(=O)n(Cc2ccc(C(=O)O)cc2)c(=O)c2cc(C(N)=O)sc21. The van der Waals surface area contributed by atoms with Crippen molar-refractivity contribution in [2.45, 2.75) is 6.54 Å². The van der Waals surface area contributed by atoms with E-state index in [2.05, 4.69) is 0 Å². The van der Waals surface area contributed by atoms with Gasteiger partial charge in [-0.25, -0.2) is 9.59 Å². The fourth-order valence-electron chi connectivity index (χ4n) is 2.48. The summed E-state index contributed by atoms with van der Waals surface area (Å²) in [7, 11) is 1.51. The maximum atomic E-state index is 12.6. The Morgan fingerprint density at radius 1 is 1.20 bits per heavy atom. The standard InChI is InChI=1S/C16H13N3O5S/c1-18-14-10(6-11(25-14)12(17)20)13(21)19(16(18)24)7-8-2-4-9(5-3-8)15(22)23/h2-6H,7H2,1H3,(H2,17,20)(H,22,23). The van der Waals surface area contributed by atoms with Crippen LogP contribution in [0.25, 0.3) is 10.2 Å². The van der Waals surface area contributed by atoms with E-state index < -0.39 is 23.1 Å². The van der Waals surface area contributed by atoms with E-state index in [4.69, 9.17) is 10.8 Å². The summed E-state index contributed by atoms with van der Waals surface area (Å²) in [5.74, 6) is -1.72. The molecule has 2 aromatic heterocycles. The Hall–Kier alpha value is -3.20. The number of hydrogen-bond acceptors (Lipinski definition) is 5. The molecule has 9 heteroatoms. The predicted octanol–water partition coefficient (Wildman–Crippen LogP) is 0.607. The fourth-order valence-corrected chi connectivity index (χ4v) is 3.44. The third kappa shape index (κ3) is 2.85. The Morgan fingerprint density at radius 2 is 1.84 bits per heavy atom. The summed E-state index contributed by atoms with van der Waals surface area (Å²) in [5.41, 5.74) is 4.91. The van der Waals surface area contributed by atoms with Crippen LogP contribution in [0, 0.1) is 0 Å². The summed E-state index contributed by atoms with van der Waals surface area (Å²) < 4.78 is 2.33. The highest BCUT2D eigenvalue weighted by Crippen LogP contribution is 2.21. The summed E-state index contributed by atoms with van der Waals surface area (Å²) in [4.78, 5) is 47.9. The van der Waals surface area contributed by atoms with Crippen LogP contribution in [-0.2, 0) is 13.6 Å². The number of aromatic carboxylic acids is 1. The van der Waals surface area contributed by atoms with Crippen molar-refractivity contribution < 1.29 is 14.7 Å². The molecule has 8 nitrogen and oxygen atoms in total. The van der Waals surface area contributed by atoms with E-state index in [0.717, 1.165) is 15.9 Å². The lowest BCUT2D eigenvalue weighted by Crippen LogP contribution is -2.38. The molecule has 0 atom stereocenters. The number of carbonyl (C=O) groups is 2. The summed E-state index contributed by atoms with van der Waals surface area (Å²) in [6.45, 7) is -0.0108. The molecule has 0 spiro atoms. The molecule has 0 saturated heterocycles. The van der Waals surface area contributed by atoms with Crippen LogP contribution in [0.4, 0.5) is 0 Å². The molecule has 3 rings (SSSR count). The quantitative estimate of drug-likeness (QED) is 0.706. The Balaban J connectivity index is 2.13. The number of rotatable bonds is 4. The van der Waals surface area contributed by atoms with Gasteiger partial charge in [0, 0.05) is 7.05 Å². The van der Waals surface area contributed by atoms with E-state index >= 15 is 0 Å². The number of carbonyl (C=O) groups excluding carboxylic acids is 1. The number of benzene rings is 1. The first-order chi connectivity index (χ1) is 11.8. The van der Waals surface area contributed by atoms with Crippen LogP contribution in [0.5, 0.6) is 0 Å². The molecule has 0 saturated carbocycles. The highest BCUT2D eigenvalue weighted by atomic mass is 32.1. The summed E-state index contributed by atoms with van der Waals surface area (Å²) >= 11 is 0.990. The van der Waals surface area contributed by atoms with Crippen LogP contribution >= 0.6 is 11.3 Å². The largest absolute Gasteiger partial charge is 0.478 e. The van der Waals surface area contributed by atoms with Gasteiger partial charge in [-0.05, 0) is 23.8 Å². The molecule has 0 unspecified atom stereocenters. The predicted molar refractivity (Wildman–Crippen MR) is 92.3 cm³/mol. The van der Waals surface area contributed by atoms with Crippen molar-refractivity contribution in [3.8, 4) is 0 Å². The van der Waals surface area contributed by atoms with Crippen LogP contribution in [-0.4, -0.2) is 26.1 Å². The Kier molecular flexibility index (Phi) is 4.01. The zero-order valence-electron chi connectivity index (χ0n) is 13.1. The van der Waals surface area contributed by atoms with Gasteiger partial charge in [0.25, 0.3) is 11.5 Å². The van der Waals surface area contributed by atoms with Gasteiger partial charge in [-0.3, -0.25) is 18.7 Å². The van der Waals surface area contributed by atoms with Gasteiger partial charge >= 0.3 is 11.7 Å². The second kappa shape index (κ2) is 6.02. The number of primary amides is 1. The number of carboxylic acids is 1. The molecule has 2 heterocycles. The summed E-state index contributed by atoms with van der Waals surface area (Å²) in [5, 5.41) is 9.15. The van der Waals surface area contributed by atoms with Gasteiger partial charge in [-0.2, -0.15) is 0 Å². The Labute approximate surface area is 144 Å². The zero-order valence-corrected chi connectivity index (χ0v) is 13.9. The number of hydrogen-bond donors (Lipinski definition) is 2. The monoisotopic (exact) mass is 359 g/mol. The second-order valence-electron chi connectivity index (χ2n) is 5.43. The van der Waals surface area contributed by atoms with Gasteiger partial charge in [0.1, 0.15) is 4.83 Å². The van der Waals surface area contributed by atoms with Crippen LogP contribution in [0.15, 0.2) is 39.9 Å². The molecule has 1 aromatic carbocycles. The van der Waals surface area contributed by atoms with Crippen molar-refractivity contribution in [1.29, 1.82) is 0 Å². The number of nitrogens with two attached hydrogens (primary N) is 1. The first-order valence-corrected chi connectivity index (χ1v) is 7.96. The second-order valence-corrected chi connectivity index (χ2v) is 6.46. The van der Waals surface area contributed by atoms with Crippen molar-refractivity contribution in [1.82, 2.24) is 9.13 Å². The van der Waals surface area contributed by atoms with E-state index in [9.17, 15) is 19.2 Å². The molecule has 25 heavy (non-hydrogen) atoms. The number of thiophene rings is 1. The van der Waals surface area contributed by atoms with Crippen LogP contribution in [0.2, 0.25) is 0 Å². The third-order valence-electron chi connectivity index (χ3n) is 3.79. The lowest BCUT2D eigenvalue weighted by Gasteiger charge is -2.08. The number of amides is 1. The minimum atomic E-state index is -1.06. The molecule has 0 aliphatic carbocycles. The molecular formula is C16H13N3O5S. The lowest BCUT2D eigenvalue weighted by molar-refractivity contribution is 0.0696. The Bertz CT molecular complexity index is 1120. The van der Waals surface area contributed by atoms with Gasteiger partial charge in [-0.1, -0.05) is 12.1 Å². The maximum Gasteiger partial charge on any atom is 0.335 e. The average Bonchev–Trinajstić information content (AvgIpc) is 3.03. The molecule has 0 aliphatic heterocycles. The van der Waals surface area contributed by atoms with Crippen molar-refractivity contribution in [3.05, 3.63) is 67.2 Å². The lowest BCUT2D eigenvalue weighted by atomic mass is 10.1. The van der Waals surface area contributed by atoms with E-state index in [1.165, 1.54) is 29.8 Å². The first-order valence-electron chi connectivity index (χ1n) is 7.15. The maximum absolute atomic E-state index is 12.6. The van der Waals surface area contributed by atoms with Crippen molar-refractivity contribution in [2.24, 2.45) is 12.8 Å². The van der Waals surface area contributed by atoms with Gasteiger partial charge in [0.2, 0.25) is 0 Å². The van der Waals surface area contributed by atoms with E-state index in [0.29, 0.717) is 10.4 Å². The van der Waals surface area contributed by atoms with Crippen LogP contribution < -0.4 is 17.0 Å². The van der Waals surface area contributed by atoms with Gasteiger partial charge in [-0.15, -0.1) is 11.3 Å². The minimum absolute atomic E-state index is 0.0108. The normalized spacial score (nSPS) is 10.9. The highest BCUT2D eigenvalue weighted by molar-refractivity contribution is 7.20. The fraction of sp³-hybridized carbons (Fsp3) is 0.125. The number of aromatic nitrogens is 2. The minimum Gasteiger partial charge on any atom is -0.478 e. The smallest absolute Gasteiger partial charge is 0.335 e. The molecule has 0 bridgehead atoms. The number of carboxylic acid groups (broad SMARTS) is 1. The van der Waals surface area contributed by atoms with Crippen LogP contribution in [0.1, 0.15) is 25.6 Å². The molecule has 3 N–H and O–H groups in total. The number of fused-ring (bicyclic) bond motifs is 1. The van der Waals surface area contributed by atoms with E-state index in [-0.39, 0.29) is 22.4 Å². The molecular weight excluding hydrogens is 346 g/mol. The van der Waals surface area contributed by atoms with Gasteiger partial charge in [0.05, 0.1) is 22.4 Å². The molecule has 0 radical (unpaired) electrons. The number of aryl methyl sites for hydroxylation is 1. The summed E-state index contributed by atoms with van der Waals surface area (Å²) in [6, 6.07) is 7.28. The topological polar surface area (TPSA) is 124 Å². The molecule has 128 valence electrons. The Morgan fingerprint density at radius 3 is 2.40 bits per heavy atom. The van der Waals surface area contributed by atoms with E-state index in [1.54, 1.807) is 12.1 Å². The zero-order chi connectivity index (χ0) is 18.3. The molecule has 1 amide bonds. The van der Waals surface area contributed by atoms with Crippen molar-refractivity contribution in [3.63, 3.8) is 0 Å². The third-order valence-corrected chi connectivity index (χ3v) is 5.02. The molecule has 0 fully saturated rings. The first kappa shape index (κ1) is 16.7. The van der Waals surface area contributed by atoms with Crippen molar-refractivity contribution in [2.75, 3.05) is 0 Å². The molecule has 3 aromatic rings. The highest BCUT2D eigenvalue weighted by Gasteiger charge is 2.16. The van der Waals surface area contributed by atoms with Crippen LogP contribution in [0.3, 0.4) is 0 Å². The van der Waals surface area contributed by atoms with Gasteiger partial charge in [0.15, 0.2) is 0 Å². The van der Waals surface area contributed by atoms with E-state index in [1.807, 2.05) is 0 Å². The van der Waals surface area contributed by atoms with Gasteiger partial charge < -0.3 is 10.8 Å². The average molecular weight is 359 g/mol. The number of nitrogens with zero attached hydrogens (tertiary/aromatic N) is 2.